The van der Waals surface area contributed by atoms with Crippen LogP contribution in [-0.2, 0) is 4.74 Å². The van der Waals surface area contributed by atoms with Gasteiger partial charge in [-0.3, -0.25) is 0 Å². The lowest BCUT2D eigenvalue weighted by atomic mass is 9.78. The van der Waals surface area contributed by atoms with Crippen molar-refractivity contribution in [2.24, 2.45) is 5.41 Å². The van der Waals surface area contributed by atoms with E-state index in [9.17, 15) is 8.78 Å². The molecule has 0 saturated heterocycles. The minimum atomic E-state index is -2.51. The van der Waals surface area contributed by atoms with Crippen molar-refractivity contribution in [1.29, 1.82) is 0 Å². The maximum absolute atomic E-state index is 12.6. The van der Waals surface area contributed by atoms with Crippen LogP contribution in [0.5, 0.6) is 0 Å². The smallest absolute Gasteiger partial charge is 0.245 e. The summed E-state index contributed by atoms with van der Waals surface area (Å²) in [7, 11) is 1.71. The van der Waals surface area contributed by atoms with Crippen LogP contribution in [0.15, 0.2) is 0 Å². The summed E-state index contributed by atoms with van der Waals surface area (Å²) in [5.74, 6) is -2.51. The molecule has 0 rings (SSSR count). The van der Waals surface area contributed by atoms with Crippen LogP contribution in [0, 0.1) is 5.41 Å². The first kappa shape index (κ1) is 20.1. The van der Waals surface area contributed by atoms with E-state index >= 15 is 0 Å². The van der Waals surface area contributed by atoms with Gasteiger partial charge in [0.15, 0.2) is 0 Å². The van der Waals surface area contributed by atoms with Gasteiger partial charge in [0.1, 0.15) is 0 Å². The minimum absolute atomic E-state index is 0.00346. The van der Waals surface area contributed by atoms with E-state index in [1.54, 1.807) is 7.11 Å². The SMILES string of the molecule is CC.CCC(CC)(CCCCC(C)(F)F)COC. The van der Waals surface area contributed by atoms with Gasteiger partial charge in [0.25, 0.3) is 0 Å². The van der Waals surface area contributed by atoms with E-state index < -0.39 is 5.92 Å². The maximum atomic E-state index is 12.6. The van der Waals surface area contributed by atoms with Gasteiger partial charge in [-0.2, -0.15) is 0 Å². The lowest BCUT2D eigenvalue weighted by Gasteiger charge is -2.31. The van der Waals surface area contributed by atoms with Crippen LogP contribution in [0.1, 0.15) is 73.1 Å². The lowest BCUT2D eigenvalue weighted by Crippen LogP contribution is -2.25. The van der Waals surface area contributed by atoms with Gasteiger partial charge in [-0.25, -0.2) is 8.78 Å². The van der Waals surface area contributed by atoms with Crippen molar-refractivity contribution in [3.8, 4) is 0 Å². The highest BCUT2D eigenvalue weighted by Gasteiger charge is 2.26. The van der Waals surface area contributed by atoms with Gasteiger partial charge in [-0.1, -0.05) is 34.1 Å². The molecule has 0 aromatic rings. The highest BCUT2D eigenvalue weighted by molar-refractivity contribution is 4.76. The third-order valence-electron chi connectivity index (χ3n) is 3.52. The summed E-state index contributed by atoms with van der Waals surface area (Å²) < 4.78 is 30.5. The average Bonchev–Trinajstić information content (AvgIpc) is 2.34. The molecule has 0 unspecified atom stereocenters. The fraction of sp³-hybridized carbons (Fsp3) is 1.00. The average molecular weight is 266 g/mol. The molecule has 0 aromatic heterocycles. The van der Waals surface area contributed by atoms with E-state index in [4.69, 9.17) is 4.74 Å². The maximum Gasteiger partial charge on any atom is 0.245 e. The molecule has 18 heavy (non-hydrogen) atoms. The zero-order valence-corrected chi connectivity index (χ0v) is 13.1. The predicted molar refractivity (Wildman–Crippen MR) is 75.3 cm³/mol. The van der Waals surface area contributed by atoms with Crippen molar-refractivity contribution in [2.45, 2.75) is 79.1 Å². The van der Waals surface area contributed by atoms with Crippen molar-refractivity contribution in [3.63, 3.8) is 0 Å². The van der Waals surface area contributed by atoms with Crippen molar-refractivity contribution in [1.82, 2.24) is 0 Å². The van der Waals surface area contributed by atoms with Crippen LogP contribution in [0.2, 0.25) is 0 Å². The Kier molecular flexibility index (Phi) is 12.0. The largest absolute Gasteiger partial charge is 0.384 e. The van der Waals surface area contributed by atoms with E-state index in [1.165, 1.54) is 0 Å². The first-order valence-corrected chi connectivity index (χ1v) is 7.26. The van der Waals surface area contributed by atoms with E-state index in [1.807, 2.05) is 13.8 Å². The standard InChI is InChI=1S/C13H26F2O.C2H6/c1-5-13(6-2,11-16-4)10-8-7-9-12(3,14)15;1-2/h5-11H2,1-4H3;1-2H3. The number of unbranched alkanes of at least 4 members (excludes halogenated alkanes) is 1. The Morgan fingerprint density at radius 2 is 1.39 bits per heavy atom. The number of hydrogen-bond donors (Lipinski definition) is 0. The molecule has 0 bridgehead atoms. The van der Waals surface area contributed by atoms with Crippen LogP contribution in [-0.4, -0.2) is 19.6 Å². The van der Waals surface area contributed by atoms with E-state index in [-0.39, 0.29) is 11.8 Å². The van der Waals surface area contributed by atoms with Gasteiger partial charge >= 0.3 is 0 Å². The first-order chi connectivity index (χ1) is 8.39. The Labute approximate surface area is 112 Å². The summed E-state index contributed by atoms with van der Waals surface area (Å²) in [4.78, 5) is 0. The molecular weight excluding hydrogens is 234 g/mol. The van der Waals surface area contributed by atoms with Crippen LogP contribution >= 0.6 is 0 Å². The van der Waals surface area contributed by atoms with Crippen molar-refractivity contribution < 1.29 is 13.5 Å². The molecule has 0 saturated carbocycles. The number of hydrogen-bond acceptors (Lipinski definition) is 1. The summed E-state index contributed by atoms with van der Waals surface area (Å²) in [5.41, 5.74) is 0.192. The summed E-state index contributed by atoms with van der Waals surface area (Å²) >= 11 is 0. The minimum Gasteiger partial charge on any atom is -0.384 e. The molecule has 0 spiro atoms. The number of rotatable bonds is 9. The van der Waals surface area contributed by atoms with Gasteiger partial charge < -0.3 is 4.74 Å². The van der Waals surface area contributed by atoms with Crippen LogP contribution < -0.4 is 0 Å². The molecule has 0 aliphatic carbocycles. The zero-order chi connectivity index (χ0) is 14.7. The molecule has 0 aromatic carbocycles. The third kappa shape index (κ3) is 9.81. The Morgan fingerprint density at radius 1 is 0.944 bits per heavy atom. The molecule has 0 aliphatic heterocycles. The Balaban J connectivity index is 0. The number of methoxy groups -OCH3 is 1. The van der Waals surface area contributed by atoms with E-state index in [2.05, 4.69) is 13.8 Å². The fourth-order valence-corrected chi connectivity index (χ4v) is 2.12. The van der Waals surface area contributed by atoms with E-state index in [0.717, 1.165) is 39.2 Å². The second-order valence-electron chi connectivity index (χ2n) is 4.92. The second-order valence-corrected chi connectivity index (χ2v) is 4.92. The second kappa shape index (κ2) is 10.7. The fourth-order valence-electron chi connectivity index (χ4n) is 2.12. The van der Waals surface area contributed by atoms with Gasteiger partial charge in [-0.15, -0.1) is 0 Å². The van der Waals surface area contributed by atoms with Crippen LogP contribution in [0.4, 0.5) is 8.78 Å². The Hall–Kier alpha value is -0.180. The van der Waals surface area contributed by atoms with Crippen LogP contribution in [0.25, 0.3) is 0 Å². The number of halogens is 2. The molecule has 0 heterocycles. The summed E-state index contributed by atoms with van der Waals surface area (Å²) in [6.45, 7) is 10.0. The zero-order valence-electron chi connectivity index (χ0n) is 13.1. The summed E-state index contributed by atoms with van der Waals surface area (Å²) in [5, 5.41) is 0. The van der Waals surface area contributed by atoms with Crippen molar-refractivity contribution >= 4 is 0 Å². The highest BCUT2D eigenvalue weighted by atomic mass is 19.3. The molecule has 0 radical (unpaired) electrons. The Morgan fingerprint density at radius 3 is 1.72 bits per heavy atom. The number of alkyl halides is 2. The van der Waals surface area contributed by atoms with Crippen LogP contribution in [0.3, 0.4) is 0 Å². The third-order valence-corrected chi connectivity index (χ3v) is 3.52. The molecule has 0 aliphatic rings. The Bertz CT molecular complexity index is 172. The lowest BCUT2D eigenvalue weighted by molar-refractivity contribution is 0.00772. The predicted octanol–water partition coefficient (Wildman–Crippen LogP) is 5.68. The van der Waals surface area contributed by atoms with E-state index in [0.29, 0.717) is 6.42 Å². The van der Waals surface area contributed by atoms with Gasteiger partial charge in [0, 0.05) is 13.5 Å². The molecule has 3 heteroatoms. The summed E-state index contributed by atoms with van der Waals surface area (Å²) in [6, 6.07) is 0. The van der Waals surface area contributed by atoms with Gasteiger partial charge in [0.05, 0.1) is 6.61 Å². The molecule has 0 amide bonds. The summed E-state index contributed by atoms with van der Waals surface area (Å²) in [6.07, 6.45) is 4.58. The topological polar surface area (TPSA) is 9.23 Å². The highest BCUT2D eigenvalue weighted by Crippen LogP contribution is 2.33. The molecule has 112 valence electrons. The normalized spacial score (nSPS) is 12.0. The van der Waals surface area contributed by atoms with Crippen molar-refractivity contribution in [3.05, 3.63) is 0 Å². The molecule has 0 atom stereocenters. The first-order valence-electron chi connectivity index (χ1n) is 7.26. The van der Waals surface area contributed by atoms with Gasteiger partial charge in [0.2, 0.25) is 5.92 Å². The number of ether oxygens (including phenoxy) is 1. The molecule has 0 N–H and O–H groups in total. The molecular formula is C15H32F2O. The van der Waals surface area contributed by atoms with Crippen molar-refractivity contribution in [2.75, 3.05) is 13.7 Å². The monoisotopic (exact) mass is 266 g/mol. The molecule has 0 fully saturated rings. The molecule has 1 nitrogen and oxygen atoms in total. The quantitative estimate of drug-likeness (QED) is 0.488. The van der Waals surface area contributed by atoms with Gasteiger partial charge in [-0.05, 0) is 38.0 Å².